The van der Waals surface area contributed by atoms with Gasteiger partial charge in [0, 0.05) is 0 Å². The summed E-state index contributed by atoms with van der Waals surface area (Å²) < 4.78 is 23.2. The third kappa shape index (κ3) is 6.44. The molecule has 38 heavy (non-hydrogen) atoms. The fourth-order valence-electron chi connectivity index (χ4n) is 3.84. The molecule has 0 spiro atoms. The predicted molar refractivity (Wildman–Crippen MR) is 77.3 cm³/mol. The summed E-state index contributed by atoms with van der Waals surface area (Å²) in [4.78, 5) is 33.8. The van der Waals surface area contributed by atoms with Gasteiger partial charge in [-0.3, -0.25) is 0 Å². The summed E-state index contributed by atoms with van der Waals surface area (Å²) in [6, 6.07) is 0. The zero-order chi connectivity index (χ0) is 27.9. The zero-order valence-electron chi connectivity index (χ0n) is 18.9. The predicted octanol–water partition coefficient (Wildman–Crippen LogP) is -19.4. The van der Waals surface area contributed by atoms with Crippen molar-refractivity contribution < 1.29 is 124 Å². The number of carboxylic acids is 3. The van der Waals surface area contributed by atoms with Crippen LogP contribution in [0.2, 0.25) is 0 Å². The minimum absolute atomic E-state index is 0. The summed E-state index contributed by atoms with van der Waals surface area (Å²) in [5.41, 5.74) is 0. The number of ether oxygens (including phenoxy) is 5. The molecule has 3 rings (SSSR count). The van der Waals surface area contributed by atoms with Crippen LogP contribution in [-0.4, -0.2) is 110 Å². The number of carbonyl (C=O) groups is 3. The van der Waals surface area contributed by atoms with E-state index < -0.39 is 110 Å². The molecule has 0 N–H and O–H groups in total. The van der Waals surface area contributed by atoms with Crippen molar-refractivity contribution in [2.24, 2.45) is 0 Å². The van der Waals surface area contributed by atoms with Gasteiger partial charge in [-0.2, -0.15) is 0 Å². The van der Waals surface area contributed by atoms with Crippen LogP contribution in [0.3, 0.4) is 0 Å². The molecular weight excluding hydrogens is 543 g/mol. The van der Waals surface area contributed by atoms with Crippen molar-refractivity contribution in [1.82, 2.24) is 0 Å². The monoisotopic (exact) mass is 558 g/mol. The van der Waals surface area contributed by atoms with Gasteiger partial charge in [0.2, 0.25) is 0 Å². The first-order valence-electron chi connectivity index (χ1n) is 10.3. The number of rotatable bonds is 7. The standard InChI is InChI=1S/C18H18O19.Na/c19-1-2(20)10(13(26)27)36-17(6(1)24)35-9-4(22)7(25)18(37-12(9)15(30)31)34-8-3(21)5(23)16(32)33-11(8)14(28)29;/h1-12,16-18H,(H,26,27)(H,28,29)(H,30,31);/q-8;+1/p-3. The van der Waals surface area contributed by atoms with Gasteiger partial charge in [-0.15, -0.1) is 30.5 Å². The number of aliphatic carboxylic acids is 3. The summed E-state index contributed by atoms with van der Waals surface area (Å²) >= 11 is 0. The Hall–Kier alpha value is -1.11. The van der Waals surface area contributed by atoms with E-state index in [4.69, 9.17) is 14.2 Å². The Balaban J connectivity index is 0.00000507. The van der Waals surface area contributed by atoms with Gasteiger partial charge in [0.1, 0.15) is 24.8 Å². The number of carbonyl (C=O) groups excluding carboxylic acids is 3. The molecule has 3 aliphatic heterocycles. The molecule has 0 aromatic carbocycles. The van der Waals surface area contributed by atoms with Crippen LogP contribution >= 0.6 is 0 Å². The van der Waals surface area contributed by atoms with Crippen LogP contribution in [0.1, 0.15) is 0 Å². The molecule has 0 aliphatic carbocycles. The number of hydrogen-bond acceptors (Lipinski definition) is 19. The normalized spacial score (nSPS) is 47.5. The Labute approximate surface area is 233 Å². The molecule has 212 valence electrons. The van der Waals surface area contributed by atoms with Gasteiger partial charge in [0.25, 0.3) is 0 Å². The van der Waals surface area contributed by atoms with Crippen LogP contribution in [0.25, 0.3) is 0 Å². The van der Waals surface area contributed by atoms with Crippen LogP contribution in [0, 0.1) is 0 Å². The van der Waals surface area contributed by atoms with Gasteiger partial charge in [0.05, 0.1) is 36.2 Å². The second kappa shape index (κ2) is 13.0. The van der Waals surface area contributed by atoms with E-state index in [-0.39, 0.29) is 29.6 Å². The minimum Gasteiger partial charge on any atom is -0.853 e. The van der Waals surface area contributed by atoms with Crippen LogP contribution in [-0.2, 0) is 38.1 Å². The van der Waals surface area contributed by atoms with Gasteiger partial charge < -0.3 is 94.2 Å². The van der Waals surface area contributed by atoms with Crippen LogP contribution < -0.4 is 85.7 Å². The van der Waals surface area contributed by atoms with Crippen LogP contribution in [0.4, 0.5) is 0 Å². The molecular formula is C18H15NaO19-10. The Bertz CT molecular complexity index is 860. The molecule has 20 heteroatoms. The van der Waals surface area contributed by atoms with Gasteiger partial charge in [-0.25, -0.2) is 0 Å². The molecule has 3 aliphatic rings. The van der Waals surface area contributed by atoms with Crippen molar-refractivity contribution in [2.45, 2.75) is 92.1 Å². The van der Waals surface area contributed by atoms with Gasteiger partial charge in [-0.1, -0.05) is 12.2 Å². The fraction of sp³-hybridized carbons (Fsp3) is 0.833. The Kier molecular flexibility index (Phi) is 11.4. The van der Waals surface area contributed by atoms with E-state index in [9.17, 15) is 70.6 Å². The average Bonchev–Trinajstić information content (AvgIpc) is 2.82. The van der Waals surface area contributed by atoms with Crippen molar-refractivity contribution in [3.63, 3.8) is 0 Å². The van der Waals surface area contributed by atoms with E-state index in [1.165, 1.54) is 0 Å². The summed E-state index contributed by atoms with van der Waals surface area (Å²) in [5, 5.41) is 130. The van der Waals surface area contributed by atoms with E-state index >= 15 is 0 Å². The van der Waals surface area contributed by atoms with E-state index in [1.807, 2.05) is 0 Å². The molecule has 0 amide bonds. The van der Waals surface area contributed by atoms with Crippen molar-refractivity contribution in [3.8, 4) is 0 Å². The largest absolute Gasteiger partial charge is 1.00 e. The number of hydrogen-bond donors (Lipinski definition) is 0. The van der Waals surface area contributed by atoms with Crippen molar-refractivity contribution in [3.05, 3.63) is 0 Å². The Morgan fingerprint density at radius 1 is 0.474 bits per heavy atom. The smallest absolute Gasteiger partial charge is 0.853 e. The first kappa shape index (κ1) is 33.1. The van der Waals surface area contributed by atoms with Crippen molar-refractivity contribution in [1.29, 1.82) is 0 Å². The molecule has 0 aromatic rings. The third-order valence-electron chi connectivity index (χ3n) is 5.76. The molecule has 15 atom stereocenters. The van der Waals surface area contributed by atoms with Crippen LogP contribution in [0.15, 0.2) is 0 Å². The second-order valence-electron chi connectivity index (χ2n) is 8.19. The fourth-order valence-corrected chi connectivity index (χ4v) is 3.84. The molecule has 0 radical (unpaired) electrons. The molecule has 3 fully saturated rings. The summed E-state index contributed by atoms with van der Waals surface area (Å²) in [5.74, 6) is -6.76. The molecule has 0 bridgehead atoms. The van der Waals surface area contributed by atoms with E-state index in [1.54, 1.807) is 0 Å². The molecule has 0 aromatic heterocycles. The minimum atomic E-state index is -2.83. The SMILES string of the molecule is O=C([O-])C1OC(OC2C(C(=O)[O-])OC(OC3C(C(=O)[O-])OC([O-])C([O-])C3[O-])C([O-])C2[O-])C([O-])C([O-])C1[O-].[Na+]. The van der Waals surface area contributed by atoms with E-state index in [0.29, 0.717) is 0 Å². The Morgan fingerprint density at radius 3 is 1.29 bits per heavy atom. The maximum atomic E-state index is 12.7. The molecule has 3 heterocycles. The van der Waals surface area contributed by atoms with Gasteiger partial charge in [0.15, 0.2) is 0 Å². The topological polar surface area (TPSA) is 351 Å². The maximum Gasteiger partial charge on any atom is 1.00 e. The van der Waals surface area contributed by atoms with E-state index in [0.717, 1.165) is 0 Å². The molecule has 3 saturated heterocycles. The van der Waals surface area contributed by atoms with Crippen molar-refractivity contribution >= 4 is 17.9 Å². The van der Waals surface area contributed by atoms with Gasteiger partial charge >= 0.3 is 29.6 Å². The maximum absolute atomic E-state index is 12.7. The molecule has 0 saturated carbocycles. The zero-order valence-corrected chi connectivity index (χ0v) is 20.9. The molecule has 19 nitrogen and oxygen atoms in total. The first-order valence-corrected chi connectivity index (χ1v) is 10.3. The average molecular weight is 558 g/mol. The summed E-state index contributed by atoms with van der Waals surface area (Å²) in [6.07, 6.45) is -39.6. The van der Waals surface area contributed by atoms with E-state index in [2.05, 4.69) is 9.47 Å². The second-order valence-corrected chi connectivity index (χ2v) is 8.19. The van der Waals surface area contributed by atoms with Crippen LogP contribution in [0.5, 0.6) is 0 Å². The Morgan fingerprint density at radius 2 is 0.842 bits per heavy atom. The quantitative estimate of drug-likeness (QED) is 0.262. The number of carboxylic acid groups (broad SMARTS) is 3. The summed E-state index contributed by atoms with van der Waals surface area (Å²) in [7, 11) is 0. The third-order valence-corrected chi connectivity index (χ3v) is 5.76. The first-order chi connectivity index (χ1) is 17.2. The van der Waals surface area contributed by atoms with Gasteiger partial charge in [-0.05, 0) is 6.29 Å². The molecule has 15 unspecified atom stereocenters. The van der Waals surface area contributed by atoms with Crippen molar-refractivity contribution in [2.75, 3.05) is 0 Å². The summed E-state index contributed by atoms with van der Waals surface area (Å²) in [6.45, 7) is 0.